The maximum absolute atomic E-state index is 11.9. The average Bonchev–Trinajstić information content (AvgIpc) is 2.52. The zero-order valence-corrected chi connectivity index (χ0v) is 10.3. The number of sulfonamides is 1. The molecule has 0 radical (unpaired) electrons. The van der Waals surface area contributed by atoms with Crippen LogP contribution in [0, 0.1) is 0 Å². The number of aliphatic hydroxyl groups is 1. The minimum atomic E-state index is -3.20. The molecule has 15 heavy (non-hydrogen) atoms. The molecule has 0 saturated heterocycles. The molecule has 1 aliphatic carbocycles. The fourth-order valence-electron chi connectivity index (χ4n) is 2.00. The lowest BCUT2D eigenvalue weighted by Gasteiger charge is -2.27. The molecule has 1 saturated carbocycles. The third-order valence-corrected chi connectivity index (χ3v) is 5.08. The Labute approximate surface area is 92.1 Å². The molecule has 0 aromatic heterocycles. The van der Waals surface area contributed by atoms with Crippen molar-refractivity contribution in [3.05, 3.63) is 0 Å². The lowest BCUT2D eigenvalue weighted by atomic mass is 10.0. The first kappa shape index (κ1) is 12.9. The van der Waals surface area contributed by atoms with Crippen LogP contribution in [0.25, 0.3) is 0 Å². The van der Waals surface area contributed by atoms with Gasteiger partial charge >= 0.3 is 0 Å². The summed E-state index contributed by atoms with van der Waals surface area (Å²) in [5, 5.41) is 8.60. The van der Waals surface area contributed by atoms with Gasteiger partial charge in [-0.1, -0.05) is 12.8 Å². The van der Waals surface area contributed by atoms with Crippen LogP contribution in [-0.2, 0) is 10.0 Å². The molecule has 2 N–H and O–H groups in total. The van der Waals surface area contributed by atoms with E-state index in [0.717, 1.165) is 25.7 Å². The summed E-state index contributed by atoms with van der Waals surface area (Å²) in [6, 6.07) is 0. The van der Waals surface area contributed by atoms with Crippen LogP contribution >= 0.6 is 0 Å². The summed E-state index contributed by atoms with van der Waals surface area (Å²) in [5.41, 5.74) is -0.545. The Balaban J connectivity index is 2.62. The minimum Gasteiger partial charge on any atom is -0.396 e. The molecule has 90 valence electrons. The van der Waals surface area contributed by atoms with Gasteiger partial charge in [-0.2, -0.15) is 0 Å². The molecule has 1 rings (SSSR count). The molecule has 1 fully saturated rings. The first-order valence-corrected chi connectivity index (χ1v) is 7.06. The van der Waals surface area contributed by atoms with Crippen LogP contribution in [0.4, 0.5) is 0 Å². The maximum atomic E-state index is 11.9. The van der Waals surface area contributed by atoms with E-state index >= 15 is 0 Å². The molecule has 0 amide bonds. The molecule has 1 aliphatic rings. The van der Waals surface area contributed by atoms with Gasteiger partial charge < -0.3 is 5.11 Å². The van der Waals surface area contributed by atoms with Crippen molar-refractivity contribution in [2.24, 2.45) is 0 Å². The van der Waals surface area contributed by atoms with Crippen molar-refractivity contribution in [1.82, 2.24) is 4.72 Å². The van der Waals surface area contributed by atoms with Gasteiger partial charge in [0.2, 0.25) is 10.0 Å². The van der Waals surface area contributed by atoms with Gasteiger partial charge in [0.05, 0.1) is 5.25 Å². The number of nitrogens with one attached hydrogen (secondary N) is 1. The molecule has 5 heteroatoms. The predicted molar refractivity (Wildman–Crippen MR) is 60.1 cm³/mol. The molecule has 0 aromatic carbocycles. The van der Waals surface area contributed by atoms with Gasteiger partial charge in [0.1, 0.15) is 0 Å². The summed E-state index contributed by atoms with van der Waals surface area (Å²) in [6.07, 6.45) is 3.99. The van der Waals surface area contributed by atoms with Crippen LogP contribution < -0.4 is 4.72 Å². The summed E-state index contributed by atoms with van der Waals surface area (Å²) in [7, 11) is -3.20. The molecule has 0 aromatic rings. The molecule has 0 bridgehead atoms. The second-order valence-corrected chi connectivity index (χ2v) is 6.87. The first-order valence-electron chi connectivity index (χ1n) is 5.51. The average molecular weight is 235 g/mol. The Morgan fingerprint density at radius 1 is 1.33 bits per heavy atom. The number of aliphatic hydroxyl groups excluding tert-OH is 1. The van der Waals surface area contributed by atoms with Crippen molar-refractivity contribution in [3.8, 4) is 0 Å². The zero-order chi connectivity index (χ0) is 11.5. The summed E-state index contributed by atoms with van der Waals surface area (Å²) in [5.74, 6) is 0. The first-order chi connectivity index (χ1) is 6.87. The highest BCUT2D eigenvalue weighted by Gasteiger charge is 2.33. The Kier molecular flexibility index (Phi) is 4.14. The fraction of sp³-hybridized carbons (Fsp3) is 1.00. The van der Waals surface area contributed by atoms with E-state index in [1.165, 1.54) is 0 Å². The van der Waals surface area contributed by atoms with Crippen molar-refractivity contribution in [2.45, 2.75) is 56.7 Å². The molecule has 0 atom stereocenters. The number of rotatable bonds is 5. The SMILES string of the molecule is CC(C)(CCO)NS(=O)(=O)C1CCCC1. The van der Waals surface area contributed by atoms with E-state index in [1.807, 2.05) is 0 Å². The maximum Gasteiger partial charge on any atom is 0.214 e. The van der Waals surface area contributed by atoms with Crippen LogP contribution in [0.5, 0.6) is 0 Å². The molecular weight excluding hydrogens is 214 g/mol. The van der Waals surface area contributed by atoms with E-state index < -0.39 is 15.6 Å². The van der Waals surface area contributed by atoms with Gasteiger partial charge in [0, 0.05) is 12.1 Å². The standard InChI is InChI=1S/C10H21NO3S/c1-10(2,7-8-12)11-15(13,14)9-5-3-4-6-9/h9,11-12H,3-8H2,1-2H3. The molecule has 4 nitrogen and oxygen atoms in total. The van der Waals surface area contributed by atoms with Crippen molar-refractivity contribution in [3.63, 3.8) is 0 Å². The fourth-order valence-corrected chi connectivity index (χ4v) is 3.99. The van der Waals surface area contributed by atoms with Gasteiger partial charge in [-0.15, -0.1) is 0 Å². The molecule has 0 aliphatic heterocycles. The van der Waals surface area contributed by atoms with E-state index in [2.05, 4.69) is 4.72 Å². The van der Waals surface area contributed by atoms with Gasteiger partial charge in [0.25, 0.3) is 0 Å². The highest BCUT2D eigenvalue weighted by atomic mass is 32.2. The highest BCUT2D eigenvalue weighted by molar-refractivity contribution is 7.90. The Bertz CT molecular complexity index is 292. The van der Waals surface area contributed by atoms with E-state index in [-0.39, 0.29) is 11.9 Å². The Morgan fingerprint density at radius 3 is 2.33 bits per heavy atom. The third-order valence-electron chi connectivity index (χ3n) is 2.90. The van der Waals surface area contributed by atoms with Crippen LogP contribution in [0.1, 0.15) is 46.0 Å². The van der Waals surface area contributed by atoms with Crippen molar-refractivity contribution < 1.29 is 13.5 Å². The predicted octanol–water partition coefficient (Wildman–Crippen LogP) is 1.01. The molecule has 0 spiro atoms. The summed E-state index contributed by atoms with van der Waals surface area (Å²) < 4.78 is 26.5. The van der Waals surface area contributed by atoms with Gasteiger partial charge in [-0.3, -0.25) is 0 Å². The van der Waals surface area contributed by atoms with E-state index in [4.69, 9.17) is 5.11 Å². The van der Waals surface area contributed by atoms with E-state index in [0.29, 0.717) is 6.42 Å². The quantitative estimate of drug-likeness (QED) is 0.747. The highest BCUT2D eigenvalue weighted by Crippen LogP contribution is 2.25. The molecular formula is C10H21NO3S. The van der Waals surface area contributed by atoms with Crippen LogP contribution in [0.2, 0.25) is 0 Å². The van der Waals surface area contributed by atoms with Crippen molar-refractivity contribution in [2.75, 3.05) is 6.61 Å². The third kappa shape index (κ3) is 3.74. The van der Waals surface area contributed by atoms with Crippen molar-refractivity contribution in [1.29, 1.82) is 0 Å². The van der Waals surface area contributed by atoms with Gasteiger partial charge in [-0.05, 0) is 33.1 Å². The van der Waals surface area contributed by atoms with E-state index in [1.54, 1.807) is 13.8 Å². The van der Waals surface area contributed by atoms with Crippen LogP contribution in [0.3, 0.4) is 0 Å². The lowest BCUT2D eigenvalue weighted by Crippen LogP contribution is -2.47. The Hall–Kier alpha value is -0.130. The molecule has 0 unspecified atom stereocenters. The summed E-state index contributed by atoms with van der Waals surface area (Å²) in [4.78, 5) is 0. The van der Waals surface area contributed by atoms with Crippen LogP contribution in [-0.4, -0.2) is 30.9 Å². The lowest BCUT2D eigenvalue weighted by molar-refractivity contribution is 0.245. The van der Waals surface area contributed by atoms with Gasteiger partial charge in [-0.25, -0.2) is 13.1 Å². The smallest absolute Gasteiger partial charge is 0.214 e. The van der Waals surface area contributed by atoms with Gasteiger partial charge in [0.15, 0.2) is 0 Å². The summed E-state index contributed by atoms with van der Waals surface area (Å²) in [6.45, 7) is 3.60. The van der Waals surface area contributed by atoms with Crippen LogP contribution in [0.15, 0.2) is 0 Å². The monoisotopic (exact) mass is 235 g/mol. The second kappa shape index (κ2) is 4.80. The summed E-state index contributed by atoms with van der Waals surface area (Å²) >= 11 is 0. The second-order valence-electron chi connectivity index (χ2n) is 4.91. The number of hydrogen-bond acceptors (Lipinski definition) is 3. The van der Waals surface area contributed by atoms with Crippen molar-refractivity contribution >= 4 is 10.0 Å². The molecule has 0 heterocycles. The zero-order valence-electron chi connectivity index (χ0n) is 9.49. The largest absolute Gasteiger partial charge is 0.396 e. The minimum absolute atomic E-state index is 0.000185. The topological polar surface area (TPSA) is 66.4 Å². The number of hydrogen-bond donors (Lipinski definition) is 2. The Morgan fingerprint density at radius 2 is 1.87 bits per heavy atom. The normalized spacial score (nSPS) is 19.7. The van der Waals surface area contributed by atoms with E-state index in [9.17, 15) is 8.42 Å².